The Morgan fingerprint density at radius 1 is 1.02 bits per heavy atom. The Bertz CT molecular complexity index is 1640. The van der Waals surface area contributed by atoms with Gasteiger partial charge in [-0.2, -0.15) is 0 Å². The fourth-order valence-electron chi connectivity index (χ4n) is 7.36. The van der Waals surface area contributed by atoms with Gasteiger partial charge in [-0.05, 0) is 71.8 Å². The van der Waals surface area contributed by atoms with Gasteiger partial charge in [0.15, 0.2) is 0 Å². The maximum atomic E-state index is 13.9. The molecule has 6 rings (SSSR count). The van der Waals surface area contributed by atoms with Gasteiger partial charge >= 0.3 is 7.12 Å². The summed E-state index contributed by atoms with van der Waals surface area (Å²) in [5.41, 5.74) is 5.39. The summed E-state index contributed by atoms with van der Waals surface area (Å²) in [5.74, 6) is -1.04. The summed E-state index contributed by atoms with van der Waals surface area (Å²) in [4.78, 5) is 28.8. The third-order valence-electron chi connectivity index (χ3n) is 9.54. The lowest BCUT2D eigenvalue weighted by Gasteiger charge is -2.33. The second-order valence-electron chi connectivity index (χ2n) is 12.3. The first-order chi connectivity index (χ1) is 20.7. The number of fused-ring (bicyclic) bond motifs is 4. The van der Waals surface area contributed by atoms with Crippen LogP contribution in [0.1, 0.15) is 52.0 Å². The molecule has 43 heavy (non-hydrogen) atoms. The van der Waals surface area contributed by atoms with Crippen LogP contribution < -0.4 is 10.4 Å². The molecule has 0 radical (unpaired) electrons. The molecule has 8 heteroatoms. The van der Waals surface area contributed by atoms with E-state index in [9.17, 15) is 24.7 Å². The number of ether oxygens (including phenoxy) is 1. The SMILES string of the molecule is CC/C(=C\c1ccc(O)c2ccccc12)CC[C@H]1OC[C@H]2C1=C(C(C)C)C[C@H]1C(=O)N(c3cccc(B(O)O)c3)C(=O)[C@H]12. The fourth-order valence-corrected chi connectivity index (χ4v) is 7.36. The van der Waals surface area contributed by atoms with E-state index in [4.69, 9.17) is 4.74 Å². The number of benzene rings is 3. The number of aromatic hydroxyl groups is 1. The second-order valence-corrected chi connectivity index (χ2v) is 12.3. The molecule has 2 heterocycles. The fraction of sp³-hybridized carbons (Fsp3) is 0.371. The minimum absolute atomic E-state index is 0.111. The van der Waals surface area contributed by atoms with Crippen LogP contribution in [0.4, 0.5) is 5.69 Å². The van der Waals surface area contributed by atoms with E-state index in [0.717, 1.165) is 35.6 Å². The molecule has 0 unspecified atom stereocenters. The number of rotatable bonds is 8. The van der Waals surface area contributed by atoms with Crippen LogP contribution in [0.5, 0.6) is 5.75 Å². The Morgan fingerprint density at radius 2 is 1.79 bits per heavy atom. The lowest BCUT2D eigenvalue weighted by atomic mass is 9.67. The first-order valence-corrected chi connectivity index (χ1v) is 15.3. The molecule has 3 aromatic rings. The topological polar surface area (TPSA) is 107 Å². The Balaban J connectivity index is 1.26. The van der Waals surface area contributed by atoms with Crippen molar-refractivity contribution in [2.24, 2.45) is 23.7 Å². The van der Waals surface area contributed by atoms with Gasteiger partial charge in [-0.3, -0.25) is 14.5 Å². The number of anilines is 1. The maximum Gasteiger partial charge on any atom is 0.488 e. The molecule has 0 saturated carbocycles. The number of amides is 2. The summed E-state index contributed by atoms with van der Waals surface area (Å²) in [6.45, 7) is 6.85. The molecule has 3 aliphatic rings. The Kier molecular flexibility index (Phi) is 8.03. The van der Waals surface area contributed by atoms with Crippen molar-refractivity contribution in [3.63, 3.8) is 0 Å². The molecule has 2 amide bonds. The minimum Gasteiger partial charge on any atom is -0.507 e. The third-order valence-corrected chi connectivity index (χ3v) is 9.54. The minimum atomic E-state index is -1.69. The monoisotopic (exact) mass is 579 g/mol. The first kappa shape index (κ1) is 29.4. The van der Waals surface area contributed by atoms with Crippen molar-refractivity contribution < 1.29 is 29.5 Å². The van der Waals surface area contributed by atoms with Crippen LogP contribution in [-0.2, 0) is 14.3 Å². The summed E-state index contributed by atoms with van der Waals surface area (Å²) < 4.78 is 6.43. The van der Waals surface area contributed by atoms with Crippen molar-refractivity contribution in [2.75, 3.05) is 11.5 Å². The summed E-state index contributed by atoms with van der Waals surface area (Å²) in [6.07, 6.45) is 5.15. The van der Waals surface area contributed by atoms with E-state index in [0.29, 0.717) is 18.7 Å². The molecule has 3 N–H and O–H groups in total. The summed E-state index contributed by atoms with van der Waals surface area (Å²) in [5, 5.41) is 31.5. The molecule has 0 bridgehead atoms. The van der Waals surface area contributed by atoms with Gasteiger partial charge in [0, 0.05) is 11.3 Å². The summed E-state index contributed by atoms with van der Waals surface area (Å²) in [6, 6.07) is 17.9. The van der Waals surface area contributed by atoms with E-state index in [2.05, 4.69) is 26.8 Å². The Morgan fingerprint density at radius 3 is 2.51 bits per heavy atom. The normalized spacial score (nSPS) is 23.9. The van der Waals surface area contributed by atoms with Crippen molar-refractivity contribution in [3.05, 3.63) is 82.9 Å². The van der Waals surface area contributed by atoms with Crippen molar-refractivity contribution >= 4 is 46.9 Å². The number of carbonyl (C=O) groups is 2. The number of phenols is 1. The van der Waals surface area contributed by atoms with Crippen molar-refractivity contribution in [1.82, 2.24) is 0 Å². The summed E-state index contributed by atoms with van der Waals surface area (Å²) in [7, 11) is -1.69. The van der Waals surface area contributed by atoms with Gasteiger partial charge < -0.3 is 19.9 Å². The van der Waals surface area contributed by atoms with Crippen LogP contribution in [0.2, 0.25) is 0 Å². The van der Waals surface area contributed by atoms with E-state index in [1.54, 1.807) is 24.3 Å². The molecule has 0 spiro atoms. The van der Waals surface area contributed by atoms with E-state index >= 15 is 0 Å². The van der Waals surface area contributed by atoms with Gasteiger partial charge in [0.2, 0.25) is 11.8 Å². The van der Waals surface area contributed by atoms with Gasteiger partial charge in [-0.1, -0.05) is 80.5 Å². The average molecular weight is 580 g/mol. The molecule has 3 aromatic carbocycles. The van der Waals surface area contributed by atoms with E-state index in [-0.39, 0.29) is 41.0 Å². The molecule has 2 fully saturated rings. The molecule has 0 aromatic heterocycles. The van der Waals surface area contributed by atoms with Crippen LogP contribution in [-0.4, -0.2) is 46.8 Å². The van der Waals surface area contributed by atoms with Crippen molar-refractivity contribution in [1.29, 1.82) is 0 Å². The predicted octanol–water partition coefficient (Wildman–Crippen LogP) is 4.98. The molecular formula is C35H38BNO6. The lowest BCUT2D eigenvalue weighted by Crippen LogP contribution is -2.36. The summed E-state index contributed by atoms with van der Waals surface area (Å²) >= 11 is 0. The molecule has 2 aliphatic heterocycles. The molecule has 1 aliphatic carbocycles. The van der Waals surface area contributed by atoms with Gasteiger partial charge in [-0.25, -0.2) is 0 Å². The second kappa shape index (κ2) is 11.8. The van der Waals surface area contributed by atoms with Crippen LogP contribution in [0.15, 0.2) is 77.4 Å². The molecule has 222 valence electrons. The standard InChI is InChI=1S/C35H38BNO6/c1-4-21(16-22-13-14-30(38)26-11-6-5-10-25(22)26)12-15-31-32-27(20(2)3)18-28-33(29(32)19-43-31)35(40)37(34(28)39)24-9-7-8-23(17-24)36(41)42/h5-11,13-14,16-17,20,28-29,31,33,38,41-42H,4,12,15,18-19H2,1-3H3/b21-16+/t28-,29+,31-,33-/m1/s1. The maximum absolute atomic E-state index is 13.9. The van der Waals surface area contributed by atoms with E-state index in [1.807, 2.05) is 30.3 Å². The van der Waals surface area contributed by atoms with E-state index < -0.39 is 19.0 Å². The first-order valence-electron chi connectivity index (χ1n) is 15.3. The number of hydrogen-bond acceptors (Lipinski definition) is 6. The highest BCUT2D eigenvalue weighted by atomic mass is 16.5. The van der Waals surface area contributed by atoms with Crippen LogP contribution in [0.25, 0.3) is 16.8 Å². The third kappa shape index (κ3) is 5.22. The Labute approximate surface area is 252 Å². The van der Waals surface area contributed by atoms with Gasteiger partial charge in [0.25, 0.3) is 0 Å². The number of nitrogens with zero attached hydrogens (tertiary/aromatic N) is 1. The quantitative estimate of drug-likeness (QED) is 0.198. The number of phenolic OH excluding ortho intramolecular Hbond substituents is 1. The van der Waals surface area contributed by atoms with Crippen LogP contribution in [0, 0.1) is 23.7 Å². The Hall–Kier alpha value is -3.72. The van der Waals surface area contributed by atoms with Gasteiger partial charge in [0.05, 0.1) is 30.2 Å². The zero-order chi connectivity index (χ0) is 30.4. The number of carbonyl (C=O) groups excluding carboxylic acids is 2. The predicted molar refractivity (Wildman–Crippen MR) is 169 cm³/mol. The van der Waals surface area contributed by atoms with Gasteiger partial charge in [-0.15, -0.1) is 0 Å². The zero-order valence-electron chi connectivity index (χ0n) is 24.9. The highest BCUT2D eigenvalue weighted by Crippen LogP contribution is 2.52. The van der Waals surface area contributed by atoms with E-state index in [1.165, 1.54) is 27.7 Å². The molecular weight excluding hydrogens is 541 g/mol. The van der Waals surface area contributed by atoms with Crippen molar-refractivity contribution in [2.45, 2.75) is 52.6 Å². The average Bonchev–Trinajstić information content (AvgIpc) is 3.53. The number of imide groups is 1. The molecule has 7 nitrogen and oxygen atoms in total. The smallest absolute Gasteiger partial charge is 0.488 e. The highest BCUT2D eigenvalue weighted by Gasteiger charge is 2.57. The van der Waals surface area contributed by atoms with Gasteiger partial charge in [0.1, 0.15) is 5.75 Å². The molecule has 4 atom stereocenters. The number of hydrogen-bond donors (Lipinski definition) is 3. The lowest BCUT2D eigenvalue weighted by molar-refractivity contribution is -0.122. The van der Waals surface area contributed by atoms with Crippen LogP contribution in [0.3, 0.4) is 0 Å². The highest BCUT2D eigenvalue weighted by molar-refractivity contribution is 6.58. The van der Waals surface area contributed by atoms with Crippen LogP contribution >= 0.6 is 0 Å². The largest absolute Gasteiger partial charge is 0.507 e. The zero-order valence-corrected chi connectivity index (χ0v) is 24.9. The molecule has 2 saturated heterocycles. The number of allylic oxidation sites excluding steroid dienone is 2. The van der Waals surface area contributed by atoms with Crippen molar-refractivity contribution in [3.8, 4) is 5.75 Å².